The van der Waals surface area contributed by atoms with E-state index in [1.54, 1.807) is 43.0 Å². The summed E-state index contributed by atoms with van der Waals surface area (Å²) in [7, 11) is 0. The van der Waals surface area contributed by atoms with Crippen molar-refractivity contribution in [3.63, 3.8) is 0 Å². The normalized spacial score (nSPS) is 12.5. The third kappa shape index (κ3) is 18.1. The maximum absolute atomic E-state index is 12.6. The van der Waals surface area contributed by atoms with Gasteiger partial charge in [-0.05, 0) is 209 Å². The van der Waals surface area contributed by atoms with Crippen molar-refractivity contribution in [3.05, 3.63) is 232 Å². The second kappa shape index (κ2) is 31.5. The van der Waals surface area contributed by atoms with Crippen molar-refractivity contribution in [1.29, 1.82) is 0 Å². The molecular weight excluding hydrogens is 1400 g/mol. The highest BCUT2D eigenvalue weighted by atomic mass is 79.9. The Morgan fingerprint density at radius 3 is 1.44 bits per heavy atom. The molecule has 8 aromatic heterocycles. The summed E-state index contributed by atoms with van der Waals surface area (Å²) in [5, 5.41) is 26.9. The molecule has 0 saturated carbocycles. The summed E-state index contributed by atoms with van der Waals surface area (Å²) in [4.78, 5) is 43.8. The number of hydrogen-bond acceptors (Lipinski definition) is 13. The number of aromatic amines is 5. The van der Waals surface area contributed by atoms with Crippen LogP contribution in [0.4, 0.5) is 9.59 Å². The molecule has 0 spiro atoms. The Labute approximate surface area is 607 Å². The second-order valence-electron chi connectivity index (χ2n) is 26.9. The number of hydrogen-bond donors (Lipinski definition) is 8. The zero-order valence-corrected chi connectivity index (χ0v) is 60.7. The van der Waals surface area contributed by atoms with Crippen molar-refractivity contribution in [2.24, 2.45) is 5.73 Å². The quantitative estimate of drug-likeness (QED) is 0.0353. The van der Waals surface area contributed by atoms with Crippen LogP contribution in [0.5, 0.6) is 17.2 Å². The molecule has 0 unspecified atom stereocenters. The summed E-state index contributed by atoms with van der Waals surface area (Å²) in [6.07, 6.45) is 13.9. The molecule has 0 bridgehead atoms. The van der Waals surface area contributed by atoms with Crippen LogP contribution < -0.4 is 30.6 Å². The standard InChI is InChI=1S/C29H30ClN5O3.C28H25N5O2.C22H24BrClN2O3/c1-17-23-12-19(15-32-27(23)35-34-17)24-13-21(9-10-25(24)30)37-16-20(33-28(36)38-29(2,3)4)11-18-14-31-26-8-6-5-7-22(18)26;1-17-25-11-20(14-31-28(25)33-32-17)26-12-22(6-7-23(26)18-8-9-34-15-18)35-16-21(29)10-19-13-30-27-5-3-2-4-24(19)27;1-22(2,3)29-21(27)26-15(13-28-16-8-9-19(24)18(23)11-16)10-14-12-25-20-7-5-4-6-17(14)20/h5-10,12-15,20,31H,11,16H2,1-4H3,(H,33,36)(H,32,34,35);2-9,11-15,21,30H,10,16,29H2,1H3,(H,31,32,33);4-9,11-12,15,25H,10,13H2,1-3H3,(H,26,27)/t20-;21-;15-/m000/s1. The van der Waals surface area contributed by atoms with Crippen LogP contribution in [0, 0.1) is 13.8 Å². The van der Waals surface area contributed by atoms with Gasteiger partial charge >= 0.3 is 12.2 Å². The first-order chi connectivity index (χ1) is 49.0. The van der Waals surface area contributed by atoms with E-state index in [0.717, 1.165) is 111 Å². The molecule has 102 heavy (non-hydrogen) atoms. The van der Waals surface area contributed by atoms with Gasteiger partial charge in [-0.1, -0.05) is 77.8 Å². The molecule has 524 valence electrons. The van der Waals surface area contributed by atoms with Gasteiger partial charge in [0.05, 0.1) is 29.6 Å². The number of furan rings is 1. The Kier molecular flexibility index (Phi) is 22.0. The fourth-order valence-electron chi connectivity index (χ4n) is 11.9. The maximum Gasteiger partial charge on any atom is 0.408 e. The van der Waals surface area contributed by atoms with Crippen LogP contribution in [0.2, 0.25) is 10.0 Å². The van der Waals surface area contributed by atoms with Crippen molar-refractivity contribution >= 4 is 106 Å². The predicted octanol–water partition coefficient (Wildman–Crippen LogP) is 18.3. The van der Waals surface area contributed by atoms with Gasteiger partial charge in [-0.3, -0.25) is 10.2 Å². The summed E-state index contributed by atoms with van der Waals surface area (Å²) in [5.74, 6) is 2.05. The van der Waals surface area contributed by atoms with Gasteiger partial charge in [0.15, 0.2) is 11.3 Å². The van der Waals surface area contributed by atoms with Gasteiger partial charge in [-0.15, -0.1) is 0 Å². The van der Waals surface area contributed by atoms with Crippen LogP contribution in [0.25, 0.3) is 88.2 Å². The Morgan fingerprint density at radius 2 is 0.961 bits per heavy atom. The fourth-order valence-corrected chi connectivity index (χ4v) is 12.6. The third-order valence-corrected chi connectivity index (χ3v) is 18.3. The number of ether oxygens (including phenoxy) is 5. The minimum Gasteiger partial charge on any atom is -0.492 e. The van der Waals surface area contributed by atoms with E-state index in [4.69, 9.17) is 57.0 Å². The summed E-state index contributed by atoms with van der Waals surface area (Å²) in [6, 6.07) is 46.6. The highest BCUT2D eigenvalue weighted by molar-refractivity contribution is 9.10. The van der Waals surface area contributed by atoms with Crippen molar-refractivity contribution in [1.82, 2.24) is 55.9 Å². The molecule has 23 heteroatoms. The van der Waals surface area contributed by atoms with Crippen molar-refractivity contribution in [2.75, 3.05) is 19.8 Å². The zero-order chi connectivity index (χ0) is 71.7. The molecule has 0 saturated heterocycles. The number of nitrogens with zero attached hydrogens (tertiary/aromatic N) is 4. The lowest BCUT2D eigenvalue weighted by Gasteiger charge is -2.24. The van der Waals surface area contributed by atoms with E-state index in [-0.39, 0.29) is 31.3 Å². The SMILES string of the molecule is CC(C)(C)OC(=O)N[C@H](COc1ccc(Cl)c(Br)c1)Cc1c[nH]c2ccccc12.Cc1[nH]nc2ncc(-c3cc(OC[C@@H](N)Cc4c[nH]c5ccccc45)ccc3-c3ccoc3)cc12.Cc1[nH]nc2ncc(-c3cc(OC[C@H](Cc4c[nH]c5ccccc45)NC(=O)OC(C)(C)C)ccc3Cl)cc12. The number of rotatable bonds is 20. The average Bonchev–Trinajstić information content (AvgIpc) is 1.42. The van der Waals surface area contributed by atoms with Gasteiger partial charge in [0.2, 0.25) is 0 Å². The molecule has 0 radical (unpaired) electrons. The Bertz CT molecular complexity index is 5220. The topological polar surface area (TPSA) is 274 Å². The Hall–Kier alpha value is -10.6. The molecule has 0 aliphatic rings. The molecule has 0 fully saturated rings. The number of carbonyl (C=O) groups is 2. The zero-order valence-electron chi connectivity index (χ0n) is 57.6. The van der Waals surface area contributed by atoms with Gasteiger partial charge in [0.1, 0.15) is 48.3 Å². The molecule has 14 rings (SSSR count). The van der Waals surface area contributed by atoms with E-state index in [1.807, 2.05) is 171 Å². The lowest BCUT2D eigenvalue weighted by Crippen LogP contribution is -2.43. The number of carbonyl (C=O) groups excluding carboxylic acids is 2. The van der Waals surface area contributed by atoms with Crippen molar-refractivity contribution in [3.8, 4) is 50.6 Å². The van der Waals surface area contributed by atoms with Crippen LogP contribution in [-0.4, -0.2) is 107 Å². The Balaban J connectivity index is 0.000000146. The summed E-state index contributed by atoms with van der Waals surface area (Å²) in [6.45, 7) is 15.9. The monoisotopic (exact) mass is 1470 g/mol. The predicted molar refractivity (Wildman–Crippen MR) is 407 cm³/mol. The summed E-state index contributed by atoms with van der Waals surface area (Å²) in [5.41, 5.74) is 20.8. The summed E-state index contributed by atoms with van der Waals surface area (Å²) < 4.78 is 35.3. The highest BCUT2D eigenvalue weighted by Crippen LogP contribution is 2.38. The number of alkyl carbamates (subject to hydrolysis) is 2. The van der Waals surface area contributed by atoms with Crippen LogP contribution in [0.15, 0.2) is 198 Å². The van der Waals surface area contributed by atoms with Gasteiger partial charge < -0.3 is 59.4 Å². The van der Waals surface area contributed by atoms with Crippen LogP contribution in [0.3, 0.4) is 0 Å². The minimum absolute atomic E-state index is 0.141. The molecule has 14 aromatic rings. The lowest BCUT2D eigenvalue weighted by atomic mass is 9.96. The number of halogens is 3. The number of H-pyrrole nitrogens is 5. The van der Waals surface area contributed by atoms with Gasteiger partial charge in [-0.25, -0.2) is 19.6 Å². The number of nitrogens with two attached hydrogens (primary N) is 1. The number of fused-ring (bicyclic) bond motifs is 5. The molecule has 0 aliphatic heterocycles. The Morgan fingerprint density at radius 1 is 0.520 bits per heavy atom. The second-order valence-corrected chi connectivity index (χ2v) is 28.6. The average molecular weight is 1480 g/mol. The molecule has 3 atom stereocenters. The third-order valence-electron chi connectivity index (χ3n) is 16.7. The number of aromatic nitrogens is 9. The van der Waals surface area contributed by atoms with Crippen molar-refractivity contribution in [2.45, 2.75) is 104 Å². The van der Waals surface area contributed by atoms with Crippen LogP contribution in [-0.2, 0) is 28.7 Å². The van der Waals surface area contributed by atoms with Gasteiger partial charge in [0.25, 0.3) is 0 Å². The maximum atomic E-state index is 12.6. The van der Waals surface area contributed by atoms with Gasteiger partial charge in [-0.2, -0.15) is 10.2 Å². The number of benzene rings is 6. The number of amides is 2. The molecular formula is C79H79BrCl2N12O8. The molecule has 2 amide bonds. The number of nitrogens with one attached hydrogen (secondary N) is 7. The first-order valence-electron chi connectivity index (χ1n) is 33.3. The van der Waals surface area contributed by atoms with E-state index >= 15 is 0 Å². The number of aryl methyl sites for hydroxylation is 2. The van der Waals surface area contributed by atoms with Crippen molar-refractivity contribution < 1.29 is 37.7 Å². The fraction of sp³-hybridized carbons (Fsp3) is 0.241. The minimum atomic E-state index is -0.607. The van der Waals surface area contributed by atoms with Crippen LogP contribution >= 0.6 is 39.1 Å². The molecule has 9 N–H and O–H groups in total. The summed E-state index contributed by atoms with van der Waals surface area (Å²) >= 11 is 16.0. The van der Waals surface area contributed by atoms with E-state index < -0.39 is 23.4 Å². The van der Waals surface area contributed by atoms with Crippen LogP contribution in [0.1, 0.15) is 69.6 Å². The van der Waals surface area contributed by atoms with E-state index in [2.05, 4.69) is 102 Å². The van der Waals surface area contributed by atoms with E-state index in [9.17, 15) is 9.59 Å². The molecule has 6 aromatic carbocycles. The van der Waals surface area contributed by atoms with E-state index in [1.165, 1.54) is 10.9 Å². The smallest absolute Gasteiger partial charge is 0.408 e. The molecule has 8 heterocycles. The first kappa shape index (κ1) is 71.3. The van der Waals surface area contributed by atoms with Gasteiger partial charge in [0, 0.05) is 124 Å². The molecule has 0 aliphatic carbocycles. The highest BCUT2D eigenvalue weighted by Gasteiger charge is 2.25. The number of para-hydroxylation sites is 3. The lowest BCUT2D eigenvalue weighted by molar-refractivity contribution is 0.0476. The first-order valence-corrected chi connectivity index (χ1v) is 34.9. The number of pyridine rings is 2. The van der Waals surface area contributed by atoms with E-state index in [0.29, 0.717) is 52.3 Å². The molecule has 20 nitrogen and oxygen atoms in total. The largest absolute Gasteiger partial charge is 0.492 e.